The Hall–Kier alpha value is -4.39. The molecule has 0 N–H and O–H groups in total. The topological polar surface area (TPSA) is 41.9 Å². The van der Waals surface area contributed by atoms with Crippen molar-refractivity contribution in [3.63, 3.8) is 0 Å². The zero-order valence-electron chi connectivity index (χ0n) is 24.0. The minimum atomic E-state index is 0.333. The first-order chi connectivity index (χ1) is 21.7. The molecule has 0 bridgehead atoms. The van der Waals surface area contributed by atoms with E-state index in [0.29, 0.717) is 37.2 Å². The third-order valence-corrected chi connectivity index (χ3v) is 7.79. The molecule has 0 atom stereocenters. The Labute approximate surface area is 270 Å². The quantitative estimate of drug-likeness (QED) is 0.115. The Morgan fingerprint density at radius 1 is 0.568 bits per heavy atom. The van der Waals surface area contributed by atoms with Gasteiger partial charge in [-0.1, -0.05) is 106 Å². The van der Waals surface area contributed by atoms with Crippen molar-refractivity contribution in [2.45, 2.75) is 19.8 Å². The van der Waals surface area contributed by atoms with Gasteiger partial charge < -0.3 is 19.0 Å². The molecule has 1 heterocycles. The van der Waals surface area contributed by atoms with Crippen LogP contribution in [0.5, 0.6) is 17.2 Å². The third-order valence-electron chi connectivity index (χ3n) is 7.10. The van der Waals surface area contributed by atoms with Gasteiger partial charge in [-0.15, -0.1) is 0 Å². The van der Waals surface area contributed by atoms with Crippen LogP contribution in [0, 0.1) is 0 Å². The van der Waals surface area contributed by atoms with Crippen molar-refractivity contribution in [3.05, 3.63) is 149 Å². The molecule has 0 aliphatic rings. The summed E-state index contributed by atoms with van der Waals surface area (Å²) in [5, 5.41) is 2.13. The molecular formula is C37H31BrClNO4. The monoisotopic (exact) mass is 667 g/mol. The molecule has 5 nitrogen and oxygen atoms in total. The molecule has 5 aromatic carbocycles. The molecule has 6 rings (SSSR count). The van der Waals surface area contributed by atoms with Crippen LogP contribution in [0.1, 0.15) is 16.7 Å². The van der Waals surface area contributed by atoms with Gasteiger partial charge in [0.2, 0.25) is 0 Å². The van der Waals surface area contributed by atoms with Gasteiger partial charge in [0.05, 0.1) is 22.5 Å². The number of ether oxygens (including phenoxy) is 3. The maximum Gasteiger partial charge on any atom is 0.140 e. The largest absolute Gasteiger partial charge is 0.493 e. The van der Waals surface area contributed by atoms with Gasteiger partial charge in [-0.2, -0.15) is 4.73 Å². The molecule has 44 heavy (non-hydrogen) atoms. The number of hydrogen-bond donors (Lipinski definition) is 0. The molecule has 222 valence electrons. The van der Waals surface area contributed by atoms with E-state index in [-0.39, 0.29) is 0 Å². The normalized spacial score (nSPS) is 11.0. The third kappa shape index (κ3) is 7.04. The highest BCUT2D eigenvalue weighted by molar-refractivity contribution is 9.09. The highest BCUT2D eigenvalue weighted by atomic mass is 79.9. The van der Waals surface area contributed by atoms with E-state index in [1.807, 2.05) is 132 Å². The molecule has 0 amide bonds. The summed E-state index contributed by atoms with van der Waals surface area (Å²) in [5.74, 6) is 2.28. The van der Waals surface area contributed by atoms with Crippen LogP contribution in [0.3, 0.4) is 0 Å². The van der Waals surface area contributed by atoms with Crippen LogP contribution in [-0.4, -0.2) is 16.7 Å². The Morgan fingerprint density at radius 2 is 1.16 bits per heavy atom. The van der Waals surface area contributed by atoms with Gasteiger partial charge >= 0.3 is 0 Å². The fourth-order valence-electron chi connectivity index (χ4n) is 4.90. The standard InChI is InChI=1S/C37H31BrClNO4/c38-22-23-41-31-18-14-29(15-19-31)26-44-40-33-12-7-13-34(43-25-28-10-5-2-6-11-28)35(33)36(39)37(40)30-16-20-32(21-17-30)42-24-27-8-3-1-4-9-27/h1-21H,22-26H2. The predicted molar refractivity (Wildman–Crippen MR) is 180 cm³/mol. The van der Waals surface area contributed by atoms with Crippen molar-refractivity contribution in [2.75, 3.05) is 11.9 Å². The van der Waals surface area contributed by atoms with E-state index in [2.05, 4.69) is 15.9 Å². The van der Waals surface area contributed by atoms with Crippen LogP contribution in [0.25, 0.3) is 22.2 Å². The van der Waals surface area contributed by atoms with E-state index in [4.69, 9.17) is 30.6 Å². The highest BCUT2D eigenvalue weighted by Crippen LogP contribution is 2.42. The van der Waals surface area contributed by atoms with Gasteiger partial charge in [0.15, 0.2) is 0 Å². The Balaban J connectivity index is 1.31. The van der Waals surface area contributed by atoms with Crippen LogP contribution in [0.2, 0.25) is 5.02 Å². The smallest absolute Gasteiger partial charge is 0.140 e. The highest BCUT2D eigenvalue weighted by Gasteiger charge is 2.22. The second-order valence-electron chi connectivity index (χ2n) is 10.1. The fourth-order valence-corrected chi connectivity index (χ4v) is 5.44. The van der Waals surface area contributed by atoms with E-state index >= 15 is 0 Å². The summed E-state index contributed by atoms with van der Waals surface area (Å²) >= 11 is 10.6. The molecule has 7 heteroatoms. The average Bonchev–Trinajstić information content (AvgIpc) is 3.37. The Morgan fingerprint density at radius 3 is 1.82 bits per heavy atom. The number of aromatic nitrogens is 1. The first kappa shape index (κ1) is 29.7. The molecule has 0 saturated carbocycles. The van der Waals surface area contributed by atoms with Crippen LogP contribution in [0.15, 0.2) is 127 Å². The molecule has 0 fully saturated rings. The van der Waals surface area contributed by atoms with E-state index < -0.39 is 0 Å². The van der Waals surface area contributed by atoms with Gasteiger partial charge in [0, 0.05) is 10.9 Å². The SMILES string of the molecule is Clc1c(-c2ccc(OCc3ccccc3)cc2)n(OCc2ccc(OCCBr)cc2)c2cccc(OCc3ccccc3)c12. The number of alkyl halides is 1. The summed E-state index contributed by atoms with van der Waals surface area (Å²) < 4.78 is 19.8. The summed E-state index contributed by atoms with van der Waals surface area (Å²) in [6, 6.07) is 41.9. The van der Waals surface area contributed by atoms with Crippen molar-refractivity contribution < 1.29 is 19.0 Å². The van der Waals surface area contributed by atoms with E-state index in [9.17, 15) is 0 Å². The second kappa shape index (κ2) is 14.4. The minimum absolute atomic E-state index is 0.333. The number of rotatable bonds is 13. The lowest BCUT2D eigenvalue weighted by Crippen LogP contribution is -2.12. The zero-order valence-corrected chi connectivity index (χ0v) is 26.3. The zero-order chi connectivity index (χ0) is 30.1. The Bertz CT molecular complexity index is 1790. The molecule has 0 spiro atoms. The van der Waals surface area contributed by atoms with Gasteiger partial charge in [0.25, 0.3) is 0 Å². The summed E-state index contributed by atoms with van der Waals surface area (Å²) in [4.78, 5) is 6.48. The summed E-state index contributed by atoms with van der Waals surface area (Å²) in [5.41, 5.74) is 5.64. The van der Waals surface area contributed by atoms with Crippen LogP contribution >= 0.6 is 27.5 Å². The summed E-state index contributed by atoms with van der Waals surface area (Å²) in [6.07, 6.45) is 0. The van der Waals surface area contributed by atoms with Crippen molar-refractivity contribution in [1.82, 2.24) is 4.73 Å². The fraction of sp³-hybridized carbons (Fsp3) is 0.135. The summed E-state index contributed by atoms with van der Waals surface area (Å²) in [7, 11) is 0. The Kier molecular flexibility index (Phi) is 9.70. The molecule has 6 aromatic rings. The van der Waals surface area contributed by atoms with Crippen molar-refractivity contribution in [2.24, 2.45) is 0 Å². The molecule has 0 aliphatic heterocycles. The molecule has 0 unspecified atom stereocenters. The van der Waals surface area contributed by atoms with E-state index in [1.165, 1.54) is 0 Å². The van der Waals surface area contributed by atoms with E-state index in [0.717, 1.165) is 55.7 Å². The van der Waals surface area contributed by atoms with Crippen molar-refractivity contribution in [3.8, 4) is 28.5 Å². The molecule has 1 aromatic heterocycles. The lowest BCUT2D eigenvalue weighted by Gasteiger charge is -2.14. The van der Waals surface area contributed by atoms with Gasteiger partial charge in [-0.3, -0.25) is 0 Å². The van der Waals surface area contributed by atoms with Crippen LogP contribution < -0.4 is 19.0 Å². The van der Waals surface area contributed by atoms with Gasteiger partial charge in [-0.25, -0.2) is 0 Å². The van der Waals surface area contributed by atoms with Crippen molar-refractivity contribution in [1.29, 1.82) is 0 Å². The molecular weight excluding hydrogens is 638 g/mol. The first-order valence-corrected chi connectivity index (χ1v) is 15.9. The molecule has 0 aliphatic carbocycles. The number of hydrogen-bond acceptors (Lipinski definition) is 4. The maximum atomic E-state index is 7.18. The summed E-state index contributed by atoms with van der Waals surface area (Å²) in [6.45, 7) is 1.86. The van der Waals surface area contributed by atoms with Gasteiger partial charge in [0.1, 0.15) is 42.8 Å². The first-order valence-electron chi connectivity index (χ1n) is 14.4. The molecule has 0 radical (unpaired) electrons. The van der Waals surface area contributed by atoms with E-state index in [1.54, 1.807) is 0 Å². The maximum absolute atomic E-state index is 7.18. The lowest BCUT2D eigenvalue weighted by molar-refractivity contribution is 0.111. The number of fused-ring (bicyclic) bond motifs is 1. The number of benzene rings is 5. The average molecular weight is 669 g/mol. The number of nitrogens with zero attached hydrogens (tertiary/aromatic N) is 1. The van der Waals surface area contributed by atoms with Crippen LogP contribution in [-0.2, 0) is 19.8 Å². The lowest BCUT2D eigenvalue weighted by atomic mass is 10.1. The number of halogens is 2. The van der Waals surface area contributed by atoms with Crippen LogP contribution in [0.4, 0.5) is 0 Å². The second-order valence-corrected chi connectivity index (χ2v) is 11.3. The predicted octanol–water partition coefficient (Wildman–Crippen LogP) is 9.52. The minimum Gasteiger partial charge on any atom is -0.493 e. The van der Waals surface area contributed by atoms with Gasteiger partial charge in [-0.05, 0) is 65.2 Å². The molecule has 0 saturated heterocycles. The van der Waals surface area contributed by atoms with Crippen molar-refractivity contribution >= 4 is 38.4 Å².